The van der Waals surface area contributed by atoms with Crippen LogP contribution in [0.1, 0.15) is 27.0 Å². The third kappa shape index (κ3) is 5.99. The Kier molecular flexibility index (Phi) is 7.06. The Bertz CT molecular complexity index is 1370. The molecule has 180 valence electrons. The number of fused-ring (bicyclic) bond motifs is 1. The highest BCUT2D eigenvalue weighted by molar-refractivity contribution is 7.99. The van der Waals surface area contributed by atoms with Gasteiger partial charge in [-0.2, -0.15) is 13.2 Å². The molecule has 0 unspecified atom stereocenters. The van der Waals surface area contributed by atoms with Crippen molar-refractivity contribution in [1.29, 1.82) is 0 Å². The van der Waals surface area contributed by atoms with Gasteiger partial charge in [-0.15, -0.1) is 10.2 Å². The minimum Gasteiger partial charge on any atom is -0.348 e. The van der Waals surface area contributed by atoms with Gasteiger partial charge in [0.2, 0.25) is 5.91 Å². The maximum atomic E-state index is 13.0. The van der Waals surface area contributed by atoms with Crippen LogP contribution in [0.2, 0.25) is 0 Å². The Labute approximate surface area is 202 Å². The van der Waals surface area contributed by atoms with Crippen LogP contribution in [-0.2, 0) is 17.5 Å². The molecule has 0 saturated carbocycles. The zero-order chi connectivity index (χ0) is 25.0. The number of halogens is 3. The van der Waals surface area contributed by atoms with Crippen LogP contribution in [0.4, 0.5) is 18.9 Å². The number of carbonyl (C=O) groups excluding carboxylic acids is 2. The zero-order valence-electron chi connectivity index (χ0n) is 18.5. The van der Waals surface area contributed by atoms with E-state index in [1.165, 1.54) is 10.5 Å². The summed E-state index contributed by atoms with van der Waals surface area (Å²) in [6, 6.07) is 16.5. The van der Waals surface area contributed by atoms with Gasteiger partial charge in [-0.25, -0.2) is 0 Å². The van der Waals surface area contributed by atoms with Crippen molar-refractivity contribution < 1.29 is 22.8 Å². The highest BCUT2D eigenvalue weighted by Gasteiger charge is 2.31. The molecular weight excluding hydrogens is 479 g/mol. The number of hydrogen-bond acceptors (Lipinski definition) is 5. The van der Waals surface area contributed by atoms with E-state index in [-0.39, 0.29) is 22.5 Å². The summed E-state index contributed by atoms with van der Waals surface area (Å²) in [5, 5.41) is 13.4. The molecule has 2 heterocycles. The standard InChI is InChI=1S/C24H20F3N5O2S/c1-15-6-8-16(9-7-15)12-28-22(34)18-4-2-3-5-19(18)29-21(33)14-35-23-31-30-20-11-10-17(13-32(20)23)24(25,26)27/h2-11,13H,12,14H2,1H3,(H,28,34)(H,29,33). The number of nitrogens with one attached hydrogen (secondary N) is 2. The van der Waals surface area contributed by atoms with Gasteiger partial charge >= 0.3 is 6.18 Å². The summed E-state index contributed by atoms with van der Waals surface area (Å²) in [5.74, 6) is -0.939. The maximum absolute atomic E-state index is 13.0. The number of rotatable bonds is 7. The predicted octanol–water partition coefficient (Wildman–Crippen LogP) is 4.72. The first-order chi connectivity index (χ1) is 16.7. The van der Waals surface area contributed by atoms with Crippen LogP contribution in [0.15, 0.2) is 72.0 Å². The molecule has 35 heavy (non-hydrogen) atoms. The lowest BCUT2D eigenvalue weighted by atomic mass is 10.1. The lowest BCUT2D eigenvalue weighted by Crippen LogP contribution is -2.25. The Morgan fingerprint density at radius 3 is 2.49 bits per heavy atom. The average Bonchev–Trinajstić information content (AvgIpc) is 3.24. The van der Waals surface area contributed by atoms with E-state index in [9.17, 15) is 22.8 Å². The van der Waals surface area contributed by atoms with Gasteiger partial charge in [0.05, 0.1) is 22.6 Å². The third-order valence-corrected chi connectivity index (χ3v) is 5.99. The number of thioether (sulfide) groups is 1. The topological polar surface area (TPSA) is 88.4 Å². The Balaban J connectivity index is 1.40. The molecule has 0 atom stereocenters. The van der Waals surface area contributed by atoms with Crippen LogP contribution in [0.25, 0.3) is 5.65 Å². The van der Waals surface area contributed by atoms with Crippen LogP contribution in [0.3, 0.4) is 0 Å². The van der Waals surface area contributed by atoms with Gasteiger partial charge in [-0.1, -0.05) is 53.7 Å². The second-order valence-corrected chi connectivity index (χ2v) is 8.62. The van der Waals surface area contributed by atoms with E-state index in [1.807, 2.05) is 31.2 Å². The fourth-order valence-electron chi connectivity index (χ4n) is 3.23. The first-order valence-corrected chi connectivity index (χ1v) is 11.5. The molecule has 0 radical (unpaired) electrons. The van der Waals surface area contributed by atoms with E-state index < -0.39 is 17.6 Å². The molecule has 0 aliphatic rings. The number of nitrogens with zero attached hydrogens (tertiary/aromatic N) is 3. The van der Waals surface area contributed by atoms with Crippen LogP contribution in [-0.4, -0.2) is 32.2 Å². The summed E-state index contributed by atoms with van der Waals surface area (Å²) in [5.41, 5.74) is 2.06. The molecule has 2 aromatic carbocycles. The summed E-state index contributed by atoms with van der Waals surface area (Å²) >= 11 is 0.936. The quantitative estimate of drug-likeness (QED) is 0.360. The molecule has 0 aliphatic carbocycles. The summed E-state index contributed by atoms with van der Waals surface area (Å²) in [6.45, 7) is 2.31. The molecule has 0 spiro atoms. The van der Waals surface area contributed by atoms with E-state index in [0.29, 0.717) is 17.8 Å². The second-order valence-electron chi connectivity index (χ2n) is 7.68. The smallest absolute Gasteiger partial charge is 0.348 e. The van der Waals surface area contributed by atoms with Crippen molar-refractivity contribution in [2.75, 3.05) is 11.1 Å². The SMILES string of the molecule is Cc1ccc(CNC(=O)c2ccccc2NC(=O)CSc2nnc3ccc(C(F)(F)F)cn23)cc1. The minimum absolute atomic E-state index is 0.143. The van der Waals surface area contributed by atoms with Crippen molar-refractivity contribution in [3.63, 3.8) is 0 Å². The second kappa shape index (κ2) is 10.2. The monoisotopic (exact) mass is 499 g/mol. The Morgan fingerprint density at radius 1 is 1.00 bits per heavy atom. The molecule has 2 aromatic heterocycles. The highest BCUT2D eigenvalue weighted by atomic mass is 32.2. The van der Waals surface area contributed by atoms with Crippen molar-refractivity contribution in [3.8, 4) is 0 Å². The number of benzene rings is 2. The summed E-state index contributed by atoms with van der Waals surface area (Å²) in [4.78, 5) is 25.3. The molecule has 4 aromatic rings. The number of hydrogen-bond donors (Lipinski definition) is 2. The van der Waals surface area contributed by atoms with Gasteiger partial charge < -0.3 is 10.6 Å². The lowest BCUT2D eigenvalue weighted by molar-refractivity contribution is -0.137. The highest BCUT2D eigenvalue weighted by Crippen LogP contribution is 2.30. The first-order valence-electron chi connectivity index (χ1n) is 10.5. The van der Waals surface area contributed by atoms with Gasteiger partial charge in [-0.05, 0) is 36.8 Å². The van der Waals surface area contributed by atoms with Crippen LogP contribution < -0.4 is 10.6 Å². The van der Waals surface area contributed by atoms with Crippen molar-refractivity contribution in [1.82, 2.24) is 19.9 Å². The van der Waals surface area contributed by atoms with Gasteiger partial charge in [0, 0.05) is 12.7 Å². The van der Waals surface area contributed by atoms with Crippen molar-refractivity contribution in [2.45, 2.75) is 24.8 Å². The van der Waals surface area contributed by atoms with E-state index in [4.69, 9.17) is 0 Å². The molecule has 2 amide bonds. The van der Waals surface area contributed by atoms with Crippen molar-refractivity contribution >= 4 is 34.9 Å². The molecule has 4 rings (SSSR count). The van der Waals surface area contributed by atoms with Gasteiger partial charge in [0.15, 0.2) is 10.8 Å². The fraction of sp³-hybridized carbons (Fsp3) is 0.167. The van der Waals surface area contributed by atoms with E-state index in [2.05, 4.69) is 20.8 Å². The average molecular weight is 500 g/mol. The van der Waals surface area contributed by atoms with Gasteiger partial charge in [0.1, 0.15) is 0 Å². The number of aryl methyl sites for hydroxylation is 1. The molecule has 0 aliphatic heterocycles. The largest absolute Gasteiger partial charge is 0.417 e. The predicted molar refractivity (Wildman–Crippen MR) is 126 cm³/mol. The zero-order valence-corrected chi connectivity index (χ0v) is 19.3. The normalized spacial score (nSPS) is 11.4. The summed E-state index contributed by atoms with van der Waals surface area (Å²) in [7, 11) is 0. The minimum atomic E-state index is -4.51. The molecule has 0 saturated heterocycles. The van der Waals surface area contributed by atoms with E-state index >= 15 is 0 Å². The van der Waals surface area contributed by atoms with Gasteiger partial charge in [-0.3, -0.25) is 14.0 Å². The number of aromatic nitrogens is 3. The van der Waals surface area contributed by atoms with Crippen molar-refractivity contribution in [2.24, 2.45) is 0 Å². The number of carbonyl (C=O) groups is 2. The van der Waals surface area contributed by atoms with Crippen LogP contribution in [0.5, 0.6) is 0 Å². The number of anilines is 1. The molecule has 0 bridgehead atoms. The van der Waals surface area contributed by atoms with Crippen LogP contribution in [0, 0.1) is 6.92 Å². The first kappa shape index (κ1) is 24.3. The van der Waals surface area contributed by atoms with Crippen molar-refractivity contribution in [3.05, 3.63) is 89.1 Å². The molecular formula is C24H20F3N5O2S. The number of amides is 2. The van der Waals surface area contributed by atoms with E-state index in [0.717, 1.165) is 35.2 Å². The molecule has 2 N–H and O–H groups in total. The molecule has 0 fully saturated rings. The molecule has 7 nitrogen and oxygen atoms in total. The summed E-state index contributed by atoms with van der Waals surface area (Å²) < 4.78 is 40.3. The van der Waals surface area contributed by atoms with Crippen LogP contribution >= 0.6 is 11.8 Å². The number of pyridine rings is 1. The fourth-order valence-corrected chi connectivity index (χ4v) is 3.94. The lowest BCUT2D eigenvalue weighted by Gasteiger charge is -2.11. The molecule has 11 heteroatoms. The van der Waals surface area contributed by atoms with Gasteiger partial charge in [0.25, 0.3) is 5.91 Å². The number of alkyl halides is 3. The van der Waals surface area contributed by atoms with E-state index in [1.54, 1.807) is 24.3 Å². The number of para-hydroxylation sites is 1. The Hall–Kier alpha value is -3.86. The maximum Gasteiger partial charge on any atom is 0.417 e. The third-order valence-electron chi connectivity index (χ3n) is 5.05. The Morgan fingerprint density at radius 2 is 1.74 bits per heavy atom. The summed E-state index contributed by atoms with van der Waals surface area (Å²) in [6.07, 6.45) is -3.62.